The van der Waals surface area contributed by atoms with E-state index in [0.29, 0.717) is 12.2 Å². The van der Waals surface area contributed by atoms with Gasteiger partial charge < -0.3 is 4.74 Å². The lowest BCUT2D eigenvalue weighted by atomic mass is 10.1. The molecule has 144 valence electrons. The summed E-state index contributed by atoms with van der Waals surface area (Å²) < 4.78 is 66.5. The van der Waals surface area contributed by atoms with E-state index < -0.39 is 35.1 Å². The largest absolute Gasteiger partial charge is 0.393 e. The molecule has 1 atom stereocenters. The maximum absolute atomic E-state index is 12.9. The molecule has 1 rings (SSSR count). The van der Waals surface area contributed by atoms with Crippen molar-refractivity contribution in [3.63, 3.8) is 0 Å². The molecule has 0 aliphatic rings. The molecule has 0 aliphatic heterocycles. The fourth-order valence-electron chi connectivity index (χ4n) is 1.84. The van der Waals surface area contributed by atoms with Crippen molar-refractivity contribution in [2.24, 2.45) is 5.92 Å². The lowest BCUT2D eigenvalue weighted by Crippen LogP contribution is -2.24. The summed E-state index contributed by atoms with van der Waals surface area (Å²) in [5.41, 5.74) is 0.00981. The van der Waals surface area contributed by atoms with E-state index in [0.717, 1.165) is 45.2 Å². The molecule has 0 radical (unpaired) electrons. The Labute approximate surface area is 145 Å². The maximum atomic E-state index is 12.9. The Bertz CT molecular complexity index is 518. The fraction of sp³-hybridized carbons (Fsp3) is 0.611. The molecular formula is C18H25F5O2. The number of alkyl halides is 3. The minimum absolute atomic E-state index is 0.215. The molecule has 7 heteroatoms. The van der Waals surface area contributed by atoms with E-state index in [1.807, 2.05) is 6.92 Å². The van der Waals surface area contributed by atoms with Crippen molar-refractivity contribution in [3.05, 3.63) is 34.9 Å². The zero-order valence-corrected chi connectivity index (χ0v) is 15.0. The van der Waals surface area contributed by atoms with Gasteiger partial charge in [0.2, 0.25) is 0 Å². The van der Waals surface area contributed by atoms with Crippen LogP contribution in [0, 0.1) is 24.5 Å². The Morgan fingerprint density at radius 1 is 1.16 bits per heavy atom. The van der Waals surface area contributed by atoms with Crippen molar-refractivity contribution in [2.75, 3.05) is 13.2 Å². The van der Waals surface area contributed by atoms with Crippen molar-refractivity contribution < 1.29 is 31.5 Å². The topological polar surface area (TPSA) is 26.3 Å². The van der Waals surface area contributed by atoms with Gasteiger partial charge in [0.05, 0.1) is 18.1 Å². The van der Waals surface area contributed by atoms with Gasteiger partial charge in [-0.2, -0.15) is 13.2 Å². The van der Waals surface area contributed by atoms with Gasteiger partial charge in [0, 0.05) is 6.61 Å². The molecule has 0 saturated heterocycles. The second-order valence-corrected chi connectivity index (χ2v) is 5.88. The van der Waals surface area contributed by atoms with Gasteiger partial charge >= 0.3 is 6.18 Å². The van der Waals surface area contributed by atoms with E-state index >= 15 is 0 Å². The van der Waals surface area contributed by atoms with Crippen molar-refractivity contribution >= 4 is 5.78 Å². The summed E-state index contributed by atoms with van der Waals surface area (Å²) >= 11 is 0. The van der Waals surface area contributed by atoms with Crippen molar-refractivity contribution in [1.82, 2.24) is 0 Å². The van der Waals surface area contributed by atoms with Crippen LogP contribution in [-0.2, 0) is 4.74 Å². The summed E-state index contributed by atoms with van der Waals surface area (Å²) in [6, 6.07) is 2.28. The fourth-order valence-corrected chi connectivity index (χ4v) is 1.84. The van der Waals surface area contributed by atoms with Crippen LogP contribution in [-0.4, -0.2) is 25.2 Å². The minimum Gasteiger partial charge on any atom is -0.381 e. The third-order valence-electron chi connectivity index (χ3n) is 3.36. The summed E-state index contributed by atoms with van der Waals surface area (Å²) in [6.45, 7) is 6.10. The first-order chi connectivity index (χ1) is 11.5. The van der Waals surface area contributed by atoms with Crippen LogP contribution >= 0.6 is 0 Å². The summed E-state index contributed by atoms with van der Waals surface area (Å²) in [5.74, 6) is -3.53. The van der Waals surface area contributed by atoms with Crippen LogP contribution in [0.3, 0.4) is 0 Å². The van der Waals surface area contributed by atoms with Gasteiger partial charge in [0.25, 0.3) is 0 Å². The normalized spacial score (nSPS) is 12.4. The molecule has 1 aromatic carbocycles. The van der Waals surface area contributed by atoms with Gasteiger partial charge in [-0.25, -0.2) is 8.78 Å². The minimum atomic E-state index is -4.12. The molecule has 0 amide bonds. The van der Waals surface area contributed by atoms with Gasteiger partial charge in [-0.1, -0.05) is 26.7 Å². The number of hydrogen-bond donors (Lipinski definition) is 0. The quantitative estimate of drug-likeness (QED) is 0.342. The highest BCUT2D eigenvalue weighted by molar-refractivity contribution is 5.94. The molecule has 0 spiro atoms. The van der Waals surface area contributed by atoms with Crippen LogP contribution in [0.2, 0.25) is 0 Å². The first kappa shape index (κ1) is 23.5. The lowest BCUT2D eigenvalue weighted by molar-refractivity contribution is -0.182. The van der Waals surface area contributed by atoms with E-state index in [2.05, 4.69) is 0 Å². The second-order valence-electron chi connectivity index (χ2n) is 5.88. The van der Waals surface area contributed by atoms with Gasteiger partial charge in [-0.05, 0) is 38.0 Å². The molecule has 0 N–H and O–H groups in total. The highest BCUT2D eigenvalue weighted by atomic mass is 19.4. The van der Waals surface area contributed by atoms with Crippen molar-refractivity contribution in [1.29, 1.82) is 0 Å². The van der Waals surface area contributed by atoms with E-state index in [-0.39, 0.29) is 6.61 Å². The number of unbranched alkanes of at least 4 members (excludes halogenated alkanes) is 2. The van der Waals surface area contributed by atoms with Crippen LogP contribution < -0.4 is 0 Å². The predicted octanol–water partition coefficient (Wildman–Crippen LogP) is 5.87. The first-order valence-electron chi connectivity index (χ1n) is 8.11. The Kier molecular flexibility index (Phi) is 10.5. The molecule has 0 aromatic heterocycles. The zero-order valence-electron chi connectivity index (χ0n) is 15.0. The molecule has 25 heavy (non-hydrogen) atoms. The van der Waals surface area contributed by atoms with E-state index in [9.17, 15) is 26.7 Å². The van der Waals surface area contributed by atoms with Crippen LogP contribution in [0.1, 0.15) is 56.0 Å². The van der Waals surface area contributed by atoms with Crippen LogP contribution in [0.25, 0.3) is 0 Å². The van der Waals surface area contributed by atoms with Crippen LogP contribution in [0.15, 0.2) is 12.1 Å². The predicted molar refractivity (Wildman–Crippen MR) is 86.7 cm³/mol. The average Bonchev–Trinajstić information content (AvgIpc) is 2.44. The summed E-state index contributed by atoms with van der Waals surface area (Å²) in [5, 5.41) is 0. The highest BCUT2D eigenvalue weighted by Crippen LogP contribution is 2.25. The zero-order chi connectivity index (χ0) is 19.6. The number of rotatable bonds is 7. The number of ketones is 1. The Morgan fingerprint density at radius 3 is 2.08 bits per heavy atom. The number of carbonyl (C=O) groups is 1. The molecule has 0 saturated carbocycles. The van der Waals surface area contributed by atoms with Gasteiger partial charge in [0.15, 0.2) is 5.78 Å². The lowest BCUT2D eigenvalue weighted by Gasteiger charge is -2.15. The number of hydrogen-bond acceptors (Lipinski definition) is 2. The Balaban J connectivity index is 0.000000462. The third kappa shape index (κ3) is 9.53. The average molecular weight is 368 g/mol. The monoisotopic (exact) mass is 368 g/mol. The maximum Gasteiger partial charge on any atom is 0.393 e. The van der Waals surface area contributed by atoms with E-state index in [1.54, 1.807) is 6.92 Å². The molecule has 1 aromatic rings. The third-order valence-corrected chi connectivity index (χ3v) is 3.36. The number of benzene rings is 1. The molecule has 0 heterocycles. The summed E-state index contributed by atoms with van der Waals surface area (Å²) in [6.07, 6.45) is -1.20. The van der Waals surface area contributed by atoms with Gasteiger partial charge in [-0.3, -0.25) is 4.79 Å². The van der Waals surface area contributed by atoms with Crippen LogP contribution in [0.4, 0.5) is 22.0 Å². The SMILES string of the molecule is CC(=O)c1c(F)cc(C)cc1F.CCCCCOCC(C)C(F)(F)F. The number of carbonyl (C=O) groups excluding carboxylic acids is 1. The number of halogens is 5. The molecule has 0 bridgehead atoms. The molecular weight excluding hydrogens is 343 g/mol. The summed E-state index contributed by atoms with van der Waals surface area (Å²) in [4.78, 5) is 10.7. The highest BCUT2D eigenvalue weighted by Gasteiger charge is 2.35. The van der Waals surface area contributed by atoms with Crippen molar-refractivity contribution in [3.8, 4) is 0 Å². The molecule has 0 fully saturated rings. The second kappa shape index (κ2) is 11.2. The number of aryl methyl sites for hydroxylation is 1. The smallest absolute Gasteiger partial charge is 0.381 e. The standard InChI is InChI=1S/C9H17F3O.C9H8F2O/c1-3-4-5-6-13-7-8(2)9(10,11)12;1-5-3-7(10)9(6(2)12)8(11)4-5/h8H,3-7H2,1-2H3;3-4H,1-2H3. The van der Waals surface area contributed by atoms with Crippen LogP contribution in [0.5, 0.6) is 0 Å². The molecule has 0 aliphatic carbocycles. The van der Waals surface area contributed by atoms with E-state index in [4.69, 9.17) is 4.74 Å². The molecule has 1 unspecified atom stereocenters. The summed E-state index contributed by atoms with van der Waals surface area (Å²) in [7, 11) is 0. The number of Topliss-reactive ketones (excluding diaryl/α,β-unsaturated/α-hetero) is 1. The van der Waals surface area contributed by atoms with Gasteiger partial charge in [-0.15, -0.1) is 0 Å². The molecule has 2 nitrogen and oxygen atoms in total. The van der Waals surface area contributed by atoms with Crippen molar-refractivity contribution in [2.45, 2.75) is 53.1 Å². The van der Waals surface area contributed by atoms with E-state index in [1.165, 1.54) is 0 Å². The Hall–Kier alpha value is -1.50. The Morgan fingerprint density at radius 2 is 1.68 bits per heavy atom. The first-order valence-corrected chi connectivity index (χ1v) is 8.11. The van der Waals surface area contributed by atoms with Gasteiger partial charge in [0.1, 0.15) is 11.6 Å². The number of ether oxygens (including phenoxy) is 1.